The molecule has 0 radical (unpaired) electrons. The average Bonchev–Trinajstić information content (AvgIpc) is 2.48. The van der Waals surface area contributed by atoms with Crippen molar-refractivity contribution in [1.82, 2.24) is 4.90 Å². The number of aliphatic hydroxyl groups excluding tert-OH is 1. The van der Waals surface area contributed by atoms with Crippen LogP contribution in [-0.4, -0.2) is 35.6 Å². The Morgan fingerprint density at radius 2 is 2.14 bits per heavy atom. The monoisotopic (exact) mass is 199 g/mol. The van der Waals surface area contributed by atoms with E-state index in [1.807, 2.05) is 11.8 Å². The van der Waals surface area contributed by atoms with Gasteiger partial charge in [-0.1, -0.05) is 20.8 Å². The molecule has 1 amide bonds. The molecule has 14 heavy (non-hydrogen) atoms. The van der Waals surface area contributed by atoms with Crippen LogP contribution in [0.5, 0.6) is 0 Å². The van der Waals surface area contributed by atoms with Crippen LogP contribution in [0.3, 0.4) is 0 Å². The largest absolute Gasteiger partial charge is 0.396 e. The first-order chi connectivity index (χ1) is 6.54. The van der Waals surface area contributed by atoms with Crippen molar-refractivity contribution in [2.24, 2.45) is 17.8 Å². The predicted octanol–water partition coefficient (Wildman–Crippen LogP) is 1.12. The molecule has 3 nitrogen and oxygen atoms in total. The van der Waals surface area contributed by atoms with E-state index < -0.39 is 0 Å². The summed E-state index contributed by atoms with van der Waals surface area (Å²) in [6.07, 6.45) is 0.690. The fraction of sp³-hybridized carbons (Fsp3) is 0.909. The van der Waals surface area contributed by atoms with E-state index in [4.69, 9.17) is 5.11 Å². The van der Waals surface area contributed by atoms with Crippen molar-refractivity contribution in [2.75, 3.05) is 19.7 Å². The Balaban J connectivity index is 2.44. The topological polar surface area (TPSA) is 40.5 Å². The molecule has 1 saturated heterocycles. The zero-order valence-corrected chi connectivity index (χ0v) is 9.36. The predicted molar refractivity (Wildman–Crippen MR) is 55.8 cm³/mol. The van der Waals surface area contributed by atoms with Crippen LogP contribution in [0.25, 0.3) is 0 Å². The van der Waals surface area contributed by atoms with Crippen molar-refractivity contribution in [3.8, 4) is 0 Å². The minimum Gasteiger partial charge on any atom is -0.396 e. The van der Waals surface area contributed by atoms with Crippen molar-refractivity contribution < 1.29 is 9.90 Å². The molecule has 1 aliphatic rings. The second-order valence-electron chi connectivity index (χ2n) is 4.79. The van der Waals surface area contributed by atoms with Gasteiger partial charge in [0.05, 0.1) is 0 Å². The quantitative estimate of drug-likeness (QED) is 0.737. The minimum absolute atomic E-state index is 0.163. The summed E-state index contributed by atoms with van der Waals surface area (Å²) >= 11 is 0. The van der Waals surface area contributed by atoms with Crippen molar-refractivity contribution in [1.29, 1.82) is 0 Å². The number of carbonyl (C=O) groups is 1. The Hall–Kier alpha value is -0.570. The highest BCUT2D eigenvalue weighted by atomic mass is 16.3. The van der Waals surface area contributed by atoms with Crippen LogP contribution >= 0.6 is 0 Å². The summed E-state index contributed by atoms with van der Waals surface area (Å²) in [4.78, 5) is 13.5. The number of rotatable bonds is 4. The smallest absolute Gasteiger partial charge is 0.222 e. The van der Waals surface area contributed by atoms with E-state index in [1.165, 1.54) is 0 Å². The maximum Gasteiger partial charge on any atom is 0.222 e. The minimum atomic E-state index is 0.163. The number of aliphatic hydroxyl groups is 1. The van der Waals surface area contributed by atoms with Gasteiger partial charge >= 0.3 is 0 Å². The van der Waals surface area contributed by atoms with E-state index in [0.29, 0.717) is 24.8 Å². The zero-order valence-electron chi connectivity index (χ0n) is 9.36. The van der Waals surface area contributed by atoms with E-state index in [0.717, 1.165) is 6.54 Å². The maximum absolute atomic E-state index is 11.6. The van der Waals surface area contributed by atoms with E-state index in [1.54, 1.807) is 0 Å². The first kappa shape index (κ1) is 11.5. The second-order valence-corrected chi connectivity index (χ2v) is 4.79. The Morgan fingerprint density at radius 3 is 2.57 bits per heavy atom. The third-order valence-corrected chi connectivity index (χ3v) is 3.03. The number of nitrogens with zero attached hydrogens (tertiary/aromatic N) is 1. The van der Waals surface area contributed by atoms with Crippen molar-refractivity contribution >= 4 is 5.91 Å². The molecular weight excluding hydrogens is 178 g/mol. The fourth-order valence-corrected chi connectivity index (χ4v) is 1.86. The van der Waals surface area contributed by atoms with Crippen LogP contribution in [0.1, 0.15) is 27.2 Å². The summed E-state index contributed by atoms with van der Waals surface area (Å²) in [5.41, 5.74) is 0. The summed E-state index contributed by atoms with van der Waals surface area (Å²) < 4.78 is 0. The molecule has 0 aliphatic carbocycles. The number of likely N-dealkylation sites (tertiary alicyclic amines) is 1. The van der Waals surface area contributed by atoms with E-state index >= 15 is 0 Å². The summed E-state index contributed by atoms with van der Waals surface area (Å²) in [6, 6.07) is 0. The lowest BCUT2D eigenvalue weighted by atomic mass is 9.95. The zero-order chi connectivity index (χ0) is 10.7. The molecule has 1 N–H and O–H groups in total. The molecule has 0 bridgehead atoms. The van der Waals surface area contributed by atoms with E-state index in [9.17, 15) is 4.79 Å². The van der Waals surface area contributed by atoms with Gasteiger partial charge in [-0.15, -0.1) is 0 Å². The van der Waals surface area contributed by atoms with Crippen molar-refractivity contribution in [3.63, 3.8) is 0 Å². The van der Waals surface area contributed by atoms with Crippen LogP contribution in [-0.2, 0) is 4.79 Å². The van der Waals surface area contributed by atoms with Gasteiger partial charge in [-0.3, -0.25) is 4.79 Å². The Morgan fingerprint density at radius 1 is 1.50 bits per heavy atom. The van der Waals surface area contributed by atoms with Crippen LogP contribution in [0, 0.1) is 17.8 Å². The van der Waals surface area contributed by atoms with Gasteiger partial charge in [0.1, 0.15) is 0 Å². The van der Waals surface area contributed by atoms with Gasteiger partial charge in [-0.2, -0.15) is 0 Å². The van der Waals surface area contributed by atoms with Gasteiger partial charge < -0.3 is 10.0 Å². The van der Waals surface area contributed by atoms with Gasteiger partial charge in [-0.05, 0) is 17.8 Å². The fourth-order valence-electron chi connectivity index (χ4n) is 1.86. The molecule has 1 rings (SSSR count). The molecule has 3 heteroatoms. The molecule has 1 heterocycles. The van der Waals surface area contributed by atoms with Crippen molar-refractivity contribution in [3.05, 3.63) is 0 Å². The molecule has 2 unspecified atom stereocenters. The molecule has 0 aromatic heterocycles. The Kier molecular flexibility index (Phi) is 3.93. The summed E-state index contributed by atoms with van der Waals surface area (Å²) in [6.45, 7) is 8.04. The normalized spacial score (nSPS) is 24.8. The molecule has 0 spiro atoms. The summed E-state index contributed by atoms with van der Waals surface area (Å²) in [5.74, 6) is 1.54. The van der Waals surface area contributed by atoms with Crippen molar-refractivity contribution in [2.45, 2.75) is 27.2 Å². The Bertz CT molecular complexity index is 203. The number of hydrogen-bond donors (Lipinski definition) is 1. The highest BCUT2D eigenvalue weighted by molar-refractivity contribution is 5.78. The lowest BCUT2D eigenvalue weighted by Crippen LogP contribution is -2.31. The number of carbonyl (C=O) groups excluding carboxylic acids is 1. The molecule has 1 aliphatic heterocycles. The van der Waals surface area contributed by atoms with Gasteiger partial charge in [0.15, 0.2) is 0 Å². The van der Waals surface area contributed by atoms with Crippen LogP contribution in [0.2, 0.25) is 0 Å². The van der Waals surface area contributed by atoms with Gasteiger partial charge in [0, 0.05) is 26.1 Å². The average molecular weight is 199 g/mol. The second kappa shape index (κ2) is 4.78. The lowest BCUT2D eigenvalue weighted by molar-refractivity contribution is -0.128. The van der Waals surface area contributed by atoms with Gasteiger partial charge in [0.25, 0.3) is 0 Å². The first-order valence-electron chi connectivity index (χ1n) is 5.43. The third-order valence-electron chi connectivity index (χ3n) is 3.03. The molecule has 2 atom stereocenters. The molecule has 0 aromatic carbocycles. The van der Waals surface area contributed by atoms with Gasteiger partial charge in [0.2, 0.25) is 5.91 Å². The standard InChI is InChI=1S/C11H21NO2/c1-8(2)10-4-11(14)12(6-10)5-9(3)7-13/h8-10,13H,4-7H2,1-3H3. The highest BCUT2D eigenvalue weighted by Gasteiger charge is 2.31. The number of amides is 1. The molecular formula is C11H21NO2. The van der Waals surface area contributed by atoms with Crippen LogP contribution < -0.4 is 0 Å². The van der Waals surface area contributed by atoms with E-state index in [2.05, 4.69) is 13.8 Å². The Labute approximate surface area is 86.1 Å². The number of hydrogen-bond acceptors (Lipinski definition) is 2. The molecule has 0 aromatic rings. The first-order valence-corrected chi connectivity index (χ1v) is 5.43. The third kappa shape index (κ3) is 2.71. The maximum atomic E-state index is 11.6. The summed E-state index contributed by atoms with van der Waals surface area (Å²) in [5, 5.41) is 8.92. The van der Waals surface area contributed by atoms with Gasteiger partial charge in [-0.25, -0.2) is 0 Å². The SMILES string of the molecule is CC(CO)CN1CC(C(C)C)CC1=O. The highest BCUT2D eigenvalue weighted by Crippen LogP contribution is 2.25. The van der Waals surface area contributed by atoms with Crippen LogP contribution in [0.4, 0.5) is 0 Å². The van der Waals surface area contributed by atoms with E-state index in [-0.39, 0.29) is 18.4 Å². The van der Waals surface area contributed by atoms with Crippen LogP contribution in [0.15, 0.2) is 0 Å². The lowest BCUT2D eigenvalue weighted by Gasteiger charge is -2.20. The molecule has 0 saturated carbocycles. The molecule has 1 fully saturated rings. The summed E-state index contributed by atoms with van der Waals surface area (Å²) in [7, 11) is 0. The molecule has 82 valence electrons.